The van der Waals surface area contributed by atoms with Gasteiger partial charge in [0, 0.05) is 44.4 Å². The van der Waals surface area contributed by atoms with Crippen LogP contribution in [0.15, 0.2) is 59.4 Å². The number of rotatable bonds is 7. The first-order valence-corrected chi connectivity index (χ1v) is 12.2. The summed E-state index contributed by atoms with van der Waals surface area (Å²) in [5.41, 5.74) is 1.29. The van der Waals surface area contributed by atoms with Crippen LogP contribution in [-0.4, -0.2) is 70.2 Å². The average molecular weight is 510 g/mol. The number of halogens is 1. The Morgan fingerprint density at radius 3 is 2.58 bits per heavy atom. The van der Waals surface area contributed by atoms with Crippen molar-refractivity contribution in [2.45, 2.75) is 6.54 Å². The highest BCUT2D eigenvalue weighted by molar-refractivity contribution is 7.19. The van der Waals surface area contributed by atoms with Crippen molar-refractivity contribution in [3.05, 3.63) is 76.5 Å². The summed E-state index contributed by atoms with van der Waals surface area (Å²) in [5.74, 6) is 0.696. The second kappa shape index (κ2) is 10.4. The van der Waals surface area contributed by atoms with Gasteiger partial charge in [-0.05, 0) is 36.4 Å². The molecule has 5 rings (SSSR count). The molecule has 0 saturated carbocycles. The maximum Gasteiger partial charge on any atom is 0.275 e. The Bertz CT molecular complexity index is 1430. The molecule has 4 aromatic rings. The third-order valence-corrected chi connectivity index (χ3v) is 6.86. The summed E-state index contributed by atoms with van der Waals surface area (Å²) in [5, 5.41) is 5.12. The van der Waals surface area contributed by atoms with Crippen molar-refractivity contribution in [3.63, 3.8) is 0 Å². The number of carbonyl (C=O) groups excluding carboxylic acids is 1. The van der Waals surface area contributed by atoms with Crippen LogP contribution in [0, 0.1) is 5.82 Å². The number of fused-ring (bicyclic) bond motifs is 1. The number of nitrogens with zero attached hydrogens (tertiary/aromatic N) is 5. The van der Waals surface area contributed by atoms with Crippen molar-refractivity contribution in [3.8, 4) is 22.1 Å². The standard InChI is InChI=1S/C25H24FN5O4S/c1-34-21-4-2-3-17(13-21)24-28-31-22(32)14-19(27-25(31)36-24)15-29-9-11-30(12-10-29)23(33)16-35-20-7-5-18(26)6-8-20/h2-8,13-14H,9-12,15-16H2,1H3. The molecule has 11 heteroatoms. The van der Waals surface area contributed by atoms with E-state index in [9.17, 15) is 14.0 Å². The molecule has 1 aliphatic rings. The predicted octanol–water partition coefficient (Wildman–Crippen LogP) is 2.69. The van der Waals surface area contributed by atoms with Crippen LogP contribution in [0.3, 0.4) is 0 Å². The van der Waals surface area contributed by atoms with E-state index in [1.165, 1.54) is 46.2 Å². The summed E-state index contributed by atoms with van der Waals surface area (Å²) in [6, 6.07) is 14.6. The molecular formula is C25H24FN5O4S. The van der Waals surface area contributed by atoms with E-state index >= 15 is 0 Å². The lowest BCUT2D eigenvalue weighted by Gasteiger charge is -2.34. The molecular weight excluding hydrogens is 485 g/mol. The fourth-order valence-corrected chi connectivity index (χ4v) is 4.88. The number of carbonyl (C=O) groups is 1. The quantitative estimate of drug-likeness (QED) is 0.379. The zero-order valence-corrected chi connectivity index (χ0v) is 20.4. The van der Waals surface area contributed by atoms with Crippen LogP contribution in [-0.2, 0) is 11.3 Å². The number of piperazine rings is 1. The van der Waals surface area contributed by atoms with Crippen LogP contribution in [0.5, 0.6) is 11.5 Å². The first kappa shape index (κ1) is 23.9. The first-order valence-electron chi connectivity index (χ1n) is 11.4. The number of hydrogen-bond donors (Lipinski definition) is 0. The van der Waals surface area contributed by atoms with Crippen molar-refractivity contribution >= 4 is 22.2 Å². The van der Waals surface area contributed by atoms with E-state index in [1.54, 1.807) is 12.0 Å². The topological polar surface area (TPSA) is 89.3 Å². The maximum absolute atomic E-state index is 13.0. The summed E-state index contributed by atoms with van der Waals surface area (Å²) in [6.45, 7) is 2.82. The lowest BCUT2D eigenvalue weighted by atomic mass is 10.2. The number of benzene rings is 2. The zero-order chi connectivity index (χ0) is 25.1. The molecule has 0 spiro atoms. The third kappa shape index (κ3) is 5.37. The van der Waals surface area contributed by atoms with Crippen LogP contribution in [0.1, 0.15) is 5.69 Å². The molecule has 1 saturated heterocycles. The van der Waals surface area contributed by atoms with Crippen molar-refractivity contribution < 1.29 is 18.7 Å². The third-order valence-electron chi connectivity index (χ3n) is 5.90. The predicted molar refractivity (Wildman–Crippen MR) is 133 cm³/mol. The summed E-state index contributed by atoms with van der Waals surface area (Å²) in [4.78, 5) is 34.3. The van der Waals surface area contributed by atoms with E-state index in [1.807, 2.05) is 24.3 Å². The SMILES string of the molecule is COc1cccc(-c2nn3c(=O)cc(CN4CCN(C(=O)COc5ccc(F)cc5)CC4)nc3s2)c1. The van der Waals surface area contributed by atoms with Crippen LogP contribution >= 0.6 is 11.3 Å². The van der Waals surface area contributed by atoms with Crippen molar-refractivity contribution in [1.29, 1.82) is 0 Å². The molecule has 0 radical (unpaired) electrons. The van der Waals surface area contributed by atoms with Gasteiger partial charge in [-0.1, -0.05) is 23.5 Å². The van der Waals surface area contributed by atoms with Gasteiger partial charge < -0.3 is 14.4 Å². The maximum atomic E-state index is 13.0. The highest BCUT2D eigenvalue weighted by Crippen LogP contribution is 2.27. The summed E-state index contributed by atoms with van der Waals surface area (Å²) >= 11 is 1.35. The lowest BCUT2D eigenvalue weighted by Crippen LogP contribution is -2.49. The van der Waals surface area contributed by atoms with Gasteiger partial charge in [0.15, 0.2) is 6.61 Å². The van der Waals surface area contributed by atoms with E-state index in [0.717, 1.165) is 5.56 Å². The molecule has 1 aliphatic heterocycles. The van der Waals surface area contributed by atoms with E-state index in [-0.39, 0.29) is 23.9 Å². The first-order chi connectivity index (χ1) is 17.5. The number of ether oxygens (including phenoxy) is 2. The molecule has 1 amide bonds. The molecule has 2 aromatic carbocycles. The van der Waals surface area contributed by atoms with E-state index in [0.29, 0.717) is 59.9 Å². The monoisotopic (exact) mass is 509 g/mol. The largest absolute Gasteiger partial charge is 0.497 e. The van der Waals surface area contributed by atoms with Crippen molar-refractivity contribution in [2.75, 3.05) is 39.9 Å². The van der Waals surface area contributed by atoms with E-state index < -0.39 is 0 Å². The smallest absolute Gasteiger partial charge is 0.275 e. The van der Waals surface area contributed by atoms with Crippen LogP contribution in [0.4, 0.5) is 4.39 Å². The second-order valence-corrected chi connectivity index (χ2v) is 9.27. The molecule has 0 atom stereocenters. The summed E-state index contributed by atoms with van der Waals surface area (Å²) in [7, 11) is 1.60. The molecule has 9 nitrogen and oxygen atoms in total. The van der Waals surface area contributed by atoms with Crippen LogP contribution in [0.2, 0.25) is 0 Å². The Balaban J connectivity index is 1.19. The van der Waals surface area contributed by atoms with Crippen LogP contribution < -0.4 is 15.0 Å². The van der Waals surface area contributed by atoms with E-state index in [2.05, 4.69) is 15.0 Å². The Kier molecular flexibility index (Phi) is 6.92. The number of amides is 1. The molecule has 0 bridgehead atoms. The van der Waals surface area contributed by atoms with Gasteiger partial charge in [-0.15, -0.1) is 0 Å². The molecule has 2 aromatic heterocycles. The number of methoxy groups -OCH3 is 1. The molecule has 36 heavy (non-hydrogen) atoms. The molecule has 0 aliphatic carbocycles. The normalized spacial score (nSPS) is 14.2. The lowest BCUT2D eigenvalue weighted by molar-refractivity contribution is -0.135. The zero-order valence-electron chi connectivity index (χ0n) is 19.6. The molecule has 186 valence electrons. The average Bonchev–Trinajstić information content (AvgIpc) is 3.34. The molecule has 1 fully saturated rings. The van der Waals surface area contributed by atoms with Gasteiger partial charge in [0.05, 0.1) is 12.8 Å². The Labute approximate surface area is 210 Å². The summed E-state index contributed by atoms with van der Waals surface area (Å²) < 4.78 is 25.1. The van der Waals surface area contributed by atoms with Gasteiger partial charge in [0.25, 0.3) is 11.5 Å². The minimum Gasteiger partial charge on any atom is -0.497 e. The Morgan fingerprint density at radius 1 is 1.06 bits per heavy atom. The van der Waals surface area contributed by atoms with Gasteiger partial charge in [0.2, 0.25) is 4.96 Å². The second-order valence-electron chi connectivity index (χ2n) is 8.32. The van der Waals surface area contributed by atoms with E-state index in [4.69, 9.17) is 9.47 Å². The Hall–Kier alpha value is -3.83. The minimum atomic E-state index is -0.353. The highest BCUT2D eigenvalue weighted by Gasteiger charge is 2.22. The van der Waals surface area contributed by atoms with Gasteiger partial charge in [-0.3, -0.25) is 14.5 Å². The minimum absolute atomic E-state index is 0.0956. The molecule has 0 unspecified atom stereocenters. The molecule has 3 heterocycles. The van der Waals surface area contributed by atoms with Crippen molar-refractivity contribution in [1.82, 2.24) is 24.4 Å². The van der Waals surface area contributed by atoms with Crippen molar-refractivity contribution in [2.24, 2.45) is 0 Å². The fraction of sp³-hybridized carbons (Fsp3) is 0.280. The Morgan fingerprint density at radius 2 is 1.83 bits per heavy atom. The van der Waals surface area contributed by atoms with Gasteiger partial charge in [-0.2, -0.15) is 9.61 Å². The number of hydrogen-bond acceptors (Lipinski definition) is 8. The van der Waals surface area contributed by atoms with Gasteiger partial charge in [-0.25, -0.2) is 9.37 Å². The van der Waals surface area contributed by atoms with Crippen LogP contribution in [0.25, 0.3) is 15.5 Å². The van der Waals surface area contributed by atoms with Gasteiger partial charge in [0.1, 0.15) is 22.3 Å². The van der Waals surface area contributed by atoms with Gasteiger partial charge >= 0.3 is 0 Å². The fourth-order valence-electron chi connectivity index (χ4n) is 3.96. The summed E-state index contributed by atoms with van der Waals surface area (Å²) in [6.07, 6.45) is 0. The number of aromatic nitrogens is 3. The highest BCUT2D eigenvalue weighted by atomic mass is 32.1. The molecule has 0 N–H and O–H groups in total.